The molecule has 1 atom stereocenters. The number of carbonyl (C=O) groups is 1. The topological polar surface area (TPSA) is 116 Å². The van der Waals surface area contributed by atoms with Gasteiger partial charge < -0.3 is 29.7 Å². The highest BCUT2D eigenvalue weighted by Crippen LogP contribution is 2.36. The number of hydrogen-bond donors (Lipinski definition) is 1. The highest BCUT2D eigenvalue weighted by molar-refractivity contribution is 5.94. The third-order valence-electron chi connectivity index (χ3n) is 7.50. The van der Waals surface area contributed by atoms with Gasteiger partial charge in [-0.2, -0.15) is 0 Å². The molecule has 1 saturated heterocycles. The molecular formula is C31H36N6O4. The zero-order valence-electron chi connectivity index (χ0n) is 23.7. The first-order valence-electron chi connectivity index (χ1n) is 13.7. The van der Waals surface area contributed by atoms with Gasteiger partial charge in [0, 0.05) is 62.0 Å². The Balaban J connectivity index is 1.33. The van der Waals surface area contributed by atoms with Gasteiger partial charge in [0.2, 0.25) is 11.8 Å². The molecule has 1 fully saturated rings. The number of hydrogen-bond acceptors (Lipinski definition) is 9. The van der Waals surface area contributed by atoms with E-state index in [2.05, 4.69) is 31.8 Å². The Kier molecular flexibility index (Phi) is 8.91. The van der Waals surface area contributed by atoms with Crippen molar-refractivity contribution in [1.82, 2.24) is 24.8 Å². The van der Waals surface area contributed by atoms with Crippen LogP contribution in [0.2, 0.25) is 0 Å². The lowest BCUT2D eigenvalue weighted by Gasteiger charge is -2.32. The molecule has 4 aromatic rings. The molecule has 5 rings (SSSR count). The number of ether oxygens (including phenoxy) is 3. The van der Waals surface area contributed by atoms with Gasteiger partial charge in [0.25, 0.3) is 0 Å². The highest BCUT2D eigenvalue weighted by atomic mass is 16.5. The van der Waals surface area contributed by atoms with Crippen LogP contribution in [0.5, 0.6) is 17.4 Å². The monoisotopic (exact) mass is 556 g/mol. The summed E-state index contributed by atoms with van der Waals surface area (Å²) in [6.45, 7) is 6.01. The highest BCUT2D eigenvalue weighted by Gasteiger charge is 2.21. The maximum Gasteiger partial charge on any atom is 0.229 e. The molecular weight excluding hydrogens is 520 g/mol. The van der Waals surface area contributed by atoms with Gasteiger partial charge in [-0.05, 0) is 30.7 Å². The van der Waals surface area contributed by atoms with Crippen molar-refractivity contribution in [2.24, 2.45) is 5.73 Å². The van der Waals surface area contributed by atoms with E-state index in [0.717, 1.165) is 66.9 Å². The van der Waals surface area contributed by atoms with Crippen LogP contribution in [0.3, 0.4) is 0 Å². The van der Waals surface area contributed by atoms with Gasteiger partial charge >= 0.3 is 0 Å². The van der Waals surface area contributed by atoms with Crippen molar-refractivity contribution >= 4 is 16.8 Å². The number of pyridine rings is 1. The van der Waals surface area contributed by atoms with Crippen LogP contribution in [0, 0.1) is 0 Å². The van der Waals surface area contributed by atoms with E-state index in [1.54, 1.807) is 38.9 Å². The van der Waals surface area contributed by atoms with E-state index in [0.29, 0.717) is 29.5 Å². The summed E-state index contributed by atoms with van der Waals surface area (Å²) in [5.41, 5.74) is 9.62. The summed E-state index contributed by atoms with van der Waals surface area (Å²) in [6.07, 6.45) is 4.09. The van der Waals surface area contributed by atoms with Crippen LogP contribution in [-0.2, 0) is 4.79 Å². The Morgan fingerprint density at radius 3 is 2.34 bits per heavy atom. The molecule has 1 aliphatic rings. The van der Waals surface area contributed by atoms with Crippen LogP contribution in [0.25, 0.3) is 22.2 Å². The zero-order valence-corrected chi connectivity index (χ0v) is 23.7. The number of carbonyl (C=O) groups excluding carboxylic acids is 1. The van der Waals surface area contributed by atoms with Gasteiger partial charge in [-0.1, -0.05) is 30.3 Å². The smallest absolute Gasteiger partial charge is 0.229 e. The van der Waals surface area contributed by atoms with Gasteiger partial charge in [0.1, 0.15) is 6.33 Å². The first-order valence-corrected chi connectivity index (χ1v) is 13.7. The molecule has 2 aromatic carbocycles. The van der Waals surface area contributed by atoms with Crippen LogP contribution >= 0.6 is 0 Å². The average molecular weight is 557 g/mol. The third-order valence-corrected chi connectivity index (χ3v) is 7.50. The van der Waals surface area contributed by atoms with Gasteiger partial charge in [0.05, 0.1) is 38.0 Å². The molecule has 10 nitrogen and oxygen atoms in total. The first-order chi connectivity index (χ1) is 20.0. The van der Waals surface area contributed by atoms with E-state index < -0.39 is 11.8 Å². The maximum atomic E-state index is 12.4. The van der Waals surface area contributed by atoms with Crippen molar-refractivity contribution in [2.75, 3.05) is 60.6 Å². The lowest BCUT2D eigenvalue weighted by Crippen LogP contribution is -2.44. The number of rotatable bonds is 11. The van der Waals surface area contributed by atoms with E-state index in [4.69, 9.17) is 19.9 Å². The summed E-state index contributed by atoms with van der Waals surface area (Å²) in [7, 11) is 5.34. The second-order valence-electron chi connectivity index (χ2n) is 10.2. The number of likely N-dealkylation sites (N-methyl/N-ethyl adjacent to an activating group) is 1. The van der Waals surface area contributed by atoms with Gasteiger partial charge in [-0.15, -0.1) is 0 Å². The number of primary amides is 1. The number of nitrogens with zero attached hydrogens (tertiary/aromatic N) is 5. The Morgan fingerprint density at radius 2 is 1.68 bits per heavy atom. The number of benzene rings is 2. The summed E-state index contributed by atoms with van der Waals surface area (Å²) in [5.74, 6) is 0.664. The van der Waals surface area contributed by atoms with Crippen LogP contribution < -0.4 is 19.9 Å². The second-order valence-corrected chi connectivity index (χ2v) is 10.2. The summed E-state index contributed by atoms with van der Waals surface area (Å²) in [6, 6.07) is 15.0. The lowest BCUT2D eigenvalue weighted by molar-refractivity contribution is -0.118. The van der Waals surface area contributed by atoms with Crippen molar-refractivity contribution in [3.63, 3.8) is 0 Å². The SMILES string of the molecule is COc1ccc(C(C(N)=O)c2ccc(-c3ncnc4cc(OCCCN5CCN(C)CC5)c(OC)cc34)cc2)cn1. The summed E-state index contributed by atoms with van der Waals surface area (Å²) >= 11 is 0. The number of fused-ring (bicyclic) bond motifs is 1. The summed E-state index contributed by atoms with van der Waals surface area (Å²) < 4.78 is 16.9. The van der Waals surface area contributed by atoms with Crippen LogP contribution in [0.4, 0.5) is 0 Å². The molecule has 10 heteroatoms. The fourth-order valence-electron chi connectivity index (χ4n) is 5.15. The molecule has 2 aromatic heterocycles. The van der Waals surface area contributed by atoms with E-state index in [1.807, 2.05) is 36.4 Å². The minimum Gasteiger partial charge on any atom is -0.493 e. The number of aromatic nitrogens is 3. The molecule has 3 heterocycles. The number of methoxy groups -OCH3 is 2. The van der Waals surface area contributed by atoms with E-state index >= 15 is 0 Å². The summed E-state index contributed by atoms with van der Waals surface area (Å²) in [5, 5.41) is 0.840. The van der Waals surface area contributed by atoms with Crippen molar-refractivity contribution in [3.8, 4) is 28.6 Å². The Labute approximate surface area is 240 Å². The van der Waals surface area contributed by atoms with Crippen LogP contribution in [0.1, 0.15) is 23.5 Å². The molecule has 0 saturated carbocycles. The summed E-state index contributed by atoms with van der Waals surface area (Å²) in [4.78, 5) is 30.5. The Hall–Kier alpha value is -4.28. The predicted octanol–water partition coefficient (Wildman–Crippen LogP) is 3.34. The van der Waals surface area contributed by atoms with Crippen molar-refractivity contribution in [2.45, 2.75) is 12.3 Å². The molecule has 41 heavy (non-hydrogen) atoms. The fourth-order valence-corrected chi connectivity index (χ4v) is 5.15. The van der Waals surface area contributed by atoms with E-state index in [1.165, 1.54) is 0 Å². The molecule has 2 N–H and O–H groups in total. The van der Waals surface area contributed by atoms with Crippen LogP contribution in [0.15, 0.2) is 61.1 Å². The molecule has 0 bridgehead atoms. The minimum atomic E-state index is -0.638. The molecule has 214 valence electrons. The normalized spacial score (nSPS) is 15.0. The van der Waals surface area contributed by atoms with E-state index in [9.17, 15) is 4.79 Å². The van der Waals surface area contributed by atoms with Gasteiger partial charge in [-0.25, -0.2) is 15.0 Å². The molecule has 0 spiro atoms. The number of nitrogens with two attached hydrogens (primary N) is 1. The molecule has 0 aliphatic carbocycles. The molecule has 1 unspecified atom stereocenters. The first kappa shape index (κ1) is 28.3. The van der Waals surface area contributed by atoms with Crippen molar-refractivity contribution < 1.29 is 19.0 Å². The molecule has 0 radical (unpaired) electrons. The lowest BCUT2D eigenvalue weighted by atomic mass is 9.90. The van der Waals surface area contributed by atoms with Crippen LogP contribution in [-0.4, -0.2) is 91.3 Å². The predicted molar refractivity (Wildman–Crippen MR) is 157 cm³/mol. The maximum absolute atomic E-state index is 12.4. The standard InChI is InChI=1S/C31H36N6O4/c1-36-12-14-37(15-13-36)11-4-16-41-27-18-25-24(17-26(27)39-2)30(35-20-34-25)22-7-5-21(6-8-22)29(31(32)38)23-9-10-28(40-3)33-19-23/h5-10,17-20,29H,4,11-16H2,1-3H3,(H2,32,38). The largest absolute Gasteiger partial charge is 0.493 e. The average Bonchev–Trinajstić information content (AvgIpc) is 3.00. The Morgan fingerprint density at radius 1 is 0.927 bits per heavy atom. The van der Waals surface area contributed by atoms with Crippen molar-refractivity contribution in [1.29, 1.82) is 0 Å². The number of amides is 1. The quantitative estimate of drug-likeness (QED) is 0.278. The van der Waals surface area contributed by atoms with Gasteiger partial charge in [-0.3, -0.25) is 4.79 Å². The molecule has 1 aliphatic heterocycles. The Bertz CT molecular complexity index is 1470. The van der Waals surface area contributed by atoms with E-state index in [-0.39, 0.29) is 0 Å². The fraction of sp³-hybridized carbons (Fsp3) is 0.355. The number of piperazine rings is 1. The second kappa shape index (κ2) is 12.9. The zero-order chi connectivity index (χ0) is 28.8. The van der Waals surface area contributed by atoms with Crippen molar-refractivity contribution in [3.05, 3.63) is 72.2 Å². The van der Waals surface area contributed by atoms with Gasteiger partial charge in [0.15, 0.2) is 11.5 Å². The molecule has 1 amide bonds. The third kappa shape index (κ3) is 6.55. The minimum absolute atomic E-state index is 0.460.